The van der Waals surface area contributed by atoms with Gasteiger partial charge in [-0.25, -0.2) is 0 Å². The van der Waals surface area contributed by atoms with Crippen LogP contribution in [0.2, 0.25) is 0 Å². The smallest absolute Gasteiger partial charge is 0.251 e. The number of nitrogens with one attached hydrogen (secondary N) is 1. The zero-order valence-corrected chi connectivity index (χ0v) is 13.5. The zero-order chi connectivity index (χ0) is 15.9. The topological polar surface area (TPSA) is 42.0 Å². The molecular formula is C19H24N2O. The lowest BCUT2D eigenvalue weighted by molar-refractivity contribution is 0.0950. The molecule has 2 rings (SSSR count). The summed E-state index contributed by atoms with van der Waals surface area (Å²) in [5.41, 5.74) is 2.90. The molecule has 1 heterocycles. The lowest BCUT2D eigenvalue weighted by atomic mass is 9.91. The maximum Gasteiger partial charge on any atom is 0.251 e. The van der Waals surface area contributed by atoms with Gasteiger partial charge in [-0.15, -0.1) is 0 Å². The first-order chi connectivity index (χ1) is 10.6. The molecule has 0 saturated heterocycles. The maximum absolute atomic E-state index is 12.2. The van der Waals surface area contributed by atoms with E-state index >= 15 is 0 Å². The molecule has 0 fully saturated rings. The molecule has 1 aromatic heterocycles. The molecule has 3 nitrogen and oxygen atoms in total. The Bertz CT molecular complexity index is 591. The van der Waals surface area contributed by atoms with Crippen LogP contribution in [0.3, 0.4) is 0 Å². The van der Waals surface area contributed by atoms with Crippen molar-refractivity contribution in [2.24, 2.45) is 5.92 Å². The van der Waals surface area contributed by atoms with Crippen molar-refractivity contribution in [1.82, 2.24) is 10.3 Å². The van der Waals surface area contributed by atoms with Crippen LogP contribution in [0.25, 0.3) is 0 Å². The summed E-state index contributed by atoms with van der Waals surface area (Å²) in [5, 5.41) is 3.05. The maximum atomic E-state index is 12.2. The molecule has 1 atom stereocenters. The molecule has 0 aliphatic rings. The van der Waals surface area contributed by atoms with Crippen LogP contribution in [-0.2, 0) is 0 Å². The van der Waals surface area contributed by atoms with Gasteiger partial charge in [0.05, 0.1) is 0 Å². The third-order valence-corrected chi connectivity index (χ3v) is 3.71. The van der Waals surface area contributed by atoms with Crippen LogP contribution < -0.4 is 5.32 Å². The second-order valence-corrected chi connectivity index (χ2v) is 6.14. The highest BCUT2D eigenvalue weighted by atomic mass is 16.1. The van der Waals surface area contributed by atoms with Gasteiger partial charge in [0, 0.05) is 29.9 Å². The summed E-state index contributed by atoms with van der Waals surface area (Å²) in [6.45, 7) is 7.02. The Morgan fingerprint density at radius 2 is 1.86 bits per heavy atom. The predicted octanol–water partition coefficient (Wildman–Crippen LogP) is 3.95. The lowest BCUT2D eigenvalue weighted by Gasteiger charge is -2.20. The van der Waals surface area contributed by atoms with Gasteiger partial charge >= 0.3 is 0 Å². The minimum Gasteiger partial charge on any atom is -0.351 e. The second-order valence-electron chi connectivity index (χ2n) is 6.14. The summed E-state index contributed by atoms with van der Waals surface area (Å²) in [6.07, 6.45) is 2.96. The highest BCUT2D eigenvalue weighted by Gasteiger charge is 2.15. The van der Waals surface area contributed by atoms with Crippen LogP contribution in [0.4, 0.5) is 0 Å². The number of rotatable bonds is 6. The van der Waals surface area contributed by atoms with Crippen molar-refractivity contribution in [3.05, 3.63) is 65.5 Å². The molecular weight excluding hydrogens is 272 g/mol. The van der Waals surface area contributed by atoms with Crippen molar-refractivity contribution in [2.45, 2.75) is 33.1 Å². The summed E-state index contributed by atoms with van der Waals surface area (Å²) in [4.78, 5) is 16.6. The highest BCUT2D eigenvalue weighted by molar-refractivity contribution is 5.94. The quantitative estimate of drug-likeness (QED) is 0.877. The van der Waals surface area contributed by atoms with E-state index < -0.39 is 0 Å². The van der Waals surface area contributed by atoms with Crippen molar-refractivity contribution >= 4 is 5.91 Å². The SMILES string of the molecule is Cc1ccc(C(CNC(=O)c2ccccc2)CC(C)C)cn1. The average molecular weight is 296 g/mol. The first-order valence-electron chi connectivity index (χ1n) is 7.82. The van der Waals surface area contributed by atoms with Gasteiger partial charge < -0.3 is 5.32 Å². The van der Waals surface area contributed by atoms with Gasteiger partial charge in [0.2, 0.25) is 0 Å². The number of nitrogens with zero attached hydrogens (tertiary/aromatic N) is 1. The zero-order valence-electron chi connectivity index (χ0n) is 13.5. The summed E-state index contributed by atoms with van der Waals surface area (Å²) in [7, 11) is 0. The third kappa shape index (κ3) is 4.69. The molecule has 1 aromatic carbocycles. The molecule has 2 aromatic rings. The third-order valence-electron chi connectivity index (χ3n) is 3.71. The van der Waals surface area contributed by atoms with E-state index in [2.05, 4.69) is 30.2 Å². The fourth-order valence-electron chi connectivity index (χ4n) is 2.53. The molecule has 0 aliphatic carbocycles. The van der Waals surface area contributed by atoms with Crippen LogP contribution >= 0.6 is 0 Å². The number of carbonyl (C=O) groups excluding carboxylic acids is 1. The van der Waals surface area contributed by atoms with E-state index in [9.17, 15) is 4.79 Å². The molecule has 0 saturated carbocycles. The Kier molecular flexibility index (Phi) is 5.70. The molecule has 0 spiro atoms. The number of pyridine rings is 1. The number of benzene rings is 1. The van der Waals surface area contributed by atoms with Crippen molar-refractivity contribution < 1.29 is 4.79 Å². The lowest BCUT2D eigenvalue weighted by Crippen LogP contribution is -2.29. The molecule has 1 amide bonds. The van der Waals surface area contributed by atoms with Crippen molar-refractivity contribution in [2.75, 3.05) is 6.54 Å². The minimum atomic E-state index is -0.0190. The molecule has 3 heteroatoms. The highest BCUT2D eigenvalue weighted by Crippen LogP contribution is 2.23. The number of aromatic nitrogens is 1. The van der Waals surface area contributed by atoms with Crippen molar-refractivity contribution in [3.63, 3.8) is 0 Å². The Hall–Kier alpha value is -2.16. The summed E-state index contributed by atoms with van der Waals surface area (Å²) in [6, 6.07) is 13.5. The fraction of sp³-hybridized carbons (Fsp3) is 0.368. The van der Waals surface area contributed by atoms with Crippen LogP contribution in [-0.4, -0.2) is 17.4 Å². The number of carbonyl (C=O) groups is 1. The normalized spacial score (nSPS) is 12.2. The van der Waals surface area contributed by atoms with Gasteiger partial charge in [-0.05, 0) is 43.0 Å². The Balaban J connectivity index is 2.04. The molecule has 1 N–H and O–H groups in total. The number of amides is 1. The molecule has 1 unspecified atom stereocenters. The fourth-order valence-corrected chi connectivity index (χ4v) is 2.53. The van der Waals surface area contributed by atoms with Crippen molar-refractivity contribution in [1.29, 1.82) is 0 Å². The second kappa shape index (κ2) is 7.74. The minimum absolute atomic E-state index is 0.0190. The van der Waals surface area contributed by atoms with Crippen LogP contribution in [0.1, 0.15) is 47.8 Å². The van der Waals surface area contributed by atoms with Crippen LogP contribution in [0.5, 0.6) is 0 Å². The van der Waals surface area contributed by atoms with E-state index in [1.165, 1.54) is 5.56 Å². The molecule has 0 aliphatic heterocycles. The van der Waals surface area contributed by atoms with Crippen molar-refractivity contribution in [3.8, 4) is 0 Å². The van der Waals surface area contributed by atoms with Crippen LogP contribution in [0, 0.1) is 12.8 Å². The van der Waals surface area contributed by atoms with E-state index in [1.807, 2.05) is 49.5 Å². The first kappa shape index (κ1) is 16.2. The first-order valence-corrected chi connectivity index (χ1v) is 7.82. The van der Waals surface area contributed by atoms with E-state index in [0.717, 1.165) is 12.1 Å². The van der Waals surface area contributed by atoms with E-state index in [4.69, 9.17) is 0 Å². The van der Waals surface area contributed by atoms with Gasteiger partial charge in [-0.2, -0.15) is 0 Å². The number of aryl methyl sites for hydroxylation is 1. The average Bonchev–Trinajstić information content (AvgIpc) is 2.52. The Morgan fingerprint density at radius 3 is 2.45 bits per heavy atom. The number of hydrogen-bond acceptors (Lipinski definition) is 2. The monoisotopic (exact) mass is 296 g/mol. The van der Waals surface area contributed by atoms with Gasteiger partial charge in [-0.3, -0.25) is 9.78 Å². The van der Waals surface area contributed by atoms with E-state index in [0.29, 0.717) is 23.9 Å². The molecule has 0 bridgehead atoms. The van der Waals surface area contributed by atoms with E-state index in [-0.39, 0.29) is 5.91 Å². The van der Waals surface area contributed by atoms with Gasteiger partial charge in [0.1, 0.15) is 0 Å². The van der Waals surface area contributed by atoms with Gasteiger partial charge in [0.15, 0.2) is 0 Å². The molecule has 0 radical (unpaired) electrons. The largest absolute Gasteiger partial charge is 0.351 e. The van der Waals surface area contributed by atoms with E-state index in [1.54, 1.807) is 0 Å². The Morgan fingerprint density at radius 1 is 1.14 bits per heavy atom. The van der Waals surface area contributed by atoms with Gasteiger partial charge in [-0.1, -0.05) is 38.1 Å². The van der Waals surface area contributed by atoms with Gasteiger partial charge in [0.25, 0.3) is 5.91 Å². The summed E-state index contributed by atoms with van der Waals surface area (Å²) in [5.74, 6) is 0.843. The summed E-state index contributed by atoms with van der Waals surface area (Å²) < 4.78 is 0. The van der Waals surface area contributed by atoms with Crippen LogP contribution in [0.15, 0.2) is 48.7 Å². The number of hydrogen-bond donors (Lipinski definition) is 1. The molecule has 116 valence electrons. The molecule has 22 heavy (non-hydrogen) atoms. The Labute approximate surface area is 132 Å². The summed E-state index contributed by atoms with van der Waals surface area (Å²) >= 11 is 0. The predicted molar refractivity (Wildman–Crippen MR) is 89.9 cm³/mol. The standard InChI is InChI=1S/C19H24N2O/c1-14(2)11-18(17-10-9-15(3)20-12-17)13-21-19(22)16-7-5-4-6-8-16/h4-10,12,14,18H,11,13H2,1-3H3,(H,21,22).